The molecule has 0 aliphatic rings. The van der Waals surface area contributed by atoms with Gasteiger partial charge in [0.15, 0.2) is 0 Å². The Hall–Kier alpha value is -3.86. The molecule has 0 aliphatic heterocycles. The molecule has 0 atom stereocenters. The SMILES string of the molecule is Cc1ccc(COc2ccc(Cl)cc2CNc2nnn(-c3ccc(Cl)c(CNc4ncn[nH]4)c3Cl)n2)cc1. The predicted octanol–water partition coefficient (Wildman–Crippen LogP) is 5.85. The van der Waals surface area contributed by atoms with E-state index in [9.17, 15) is 0 Å². The molecule has 5 rings (SSSR count). The van der Waals surface area contributed by atoms with Crippen LogP contribution in [-0.2, 0) is 19.7 Å². The van der Waals surface area contributed by atoms with E-state index in [1.54, 1.807) is 18.2 Å². The highest BCUT2D eigenvalue weighted by molar-refractivity contribution is 6.37. The van der Waals surface area contributed by atoms with E-state index in [-0.39, 0.29) is 0 Å². The van der Waals surface area contributed by atoms with Gasteiger partial charge in [-0.3, -0.25) is 0 Å². The Balaban J connectivity index is 1.27. The Morgan fingerprint density at radius 3 is 2.61 bits per heavy atom. The van der Waals surface area contributed by atoms with Crippen molar-refractivity contribution < 1.29 is 4.74 Å². The van der Waals surface area contributed by atoms with Crippen LogP contribution in [0.4, 0.5) is 11.9 Å². The number of tetrazole rings is 1. The fourth-order valence-electron chi connectivity index (χ4n) is 3.60. The Morgan fingerprint density at radius 1 is 0.974 bits per heavy atom. The van der Waals surface area contributed by atoms with Gasteiger partial charge in [0.05, 0.1) is 5.02 Å². The molecule has 0 saturated heterocycles. The van der Waals surface area contributed by atoms with E-state index in [0.717, 1.165) is 11.1 Å². The van der Waals surface area contributed by atoms with E-state index in [2.05, 4.69) is 60.3 Å². The van der Waals surface area contributed by atoms with E-state index >= 15 is 0 Å². The van der Waals surface area contributed by atoms with Gasteiger partial charge in [-0.2, -0.15) is 5.10 Å². The van der Waals surface area contributed by atoms with Crippen LogP contribution in [-0.4, -0.2) is 35.4 Å². The Labute approximate surface area is 233 Å². The van der Waals surface area contributed by atoms with E-state index in [1.807, 2.05) is 24.3 Å². The Morgan fingerprint density at radius 2 is 1.82 bits per heavy atom. The molecule has 0 amide bonds. The van der Waals surface area contributed by atoms with Crippen LogP contribution in [0.2, 0.25) is 15.1 Å². The van der Waals surface area contributed by atoms with Crippen LogP contribution in [0.1, 0.15) is 22.3 Å². The molecule has 3 N–H and O–H groups in total. The van der Waals surface area contributed by atoms with Crippen LogP contribution in [0.15, 0.2) is 60.9 Å². The van der Waals surface area contributed by atoms with Gasteiger partial charge in [-0.05, 0) is 48.0 Å². The summed E-state index contributed by atoms with van der Waals surface area (Å²) in [5.74, 6) is 1.51. The summed E-state index contributed by atoms with van der Waals surface area (Å²) in [7, 11) is 0. The third kappa shape index (κ3) is 6.16. The molecule has 0 unspecified atom stereocenters. The van der Waals surface area contributed by atoms with Crippen LogP contribution >= 0.6 is 34.8 Å². The van der Waals surface area contributed by atoms with Crippen LogP contribution in [0, 0.1) is 6.92 Å². The molecule has 0 radical (unpaired) electrons. The van der Waals surface area contributed by atoms with Gasteiger partial charge in [-0.1, -0.05) is 69.7 Å². The highest BCUT2D eigenvalue weighted by Crippen LogP contribution is 2.31. The molecule has 0 aliphatic carbocycles. The topological polar surface area (TPSA) is 118 Å². The zero-order chi connectivity index (χ0) is 26.5. The molecule has 10 nitrogen and oxygen atoms in total. The molecule has 2 aromatic heterocycles. The summed E-state index contributed by atoms with van der Waals surface area (Å²) in [5.41, 5.74) is 4.31. The first-order valence-corrected chi connectivity index (χ1v) is 12.7. The van der Waals surface area contributed by atoms with Gasteiger partial charge in [0.2, 0.25) is 5.95 Å². The summed E-state index contributed by atoms with van der Waals surface area (Å²) in [6.45, 7) is 3.18. The van der Waals surface area contributed by atoms with Crippen LogP contribution < -0.4 is 15.4 Å². The molecule has 38 heavy (non-hydrogen) atoms. The lowest BCUT2D eigenvalue weighted by molar-refractivity contribution is 0.303. The van der Waals surface area contributed by atoms with Crippen LogP contribution in [0.25, 0.3) is 5.69 Å². The van der Waals surface area contributed by atoms with Crippen molar-refractivity contribution in [3.8, 4) is 11.4 Å². The maximum absolute atomic E-state index is 6.65. The molecule has 194 valence electrons. The summed E-state index contributed by atoms with van der Waals surface area (Å²) < 4.78 is 6.06. The zero-order valence-electron chi connectivity index (χ0n) is 20.1. The van der Waals surface area contributed by atoms with Crippen molar-refractivity contribution >= 4 is 46.7 Å². The molecule has 0 spiro atoms. The van der Waals surface area contributed by atoms with Crippen molar-refractivity contribution in [3.63, 3.8) is 0 Å². The number of benzene rings is 3. The number of rotatable bonds is 10. The van der Waals surface area contributed by atoms with E-state index in [1.165, 1.54) is 16.7 Å². The minimum atomic E-state index is 0.307. The lowest BCUT2D eigenvalue weighted by Crippen LogP contribution is -2.07. The largest absolute Gasteiger partial charge is 0.489 e. The number of hydrogen-bond acceptors (Lipinski definition) is 8. The lowest BCUT2D eigenvalue weighted by Gasteiger charge is -2.12. The third-order valence-corrected chi connectivity index (χ3v) is 6.63. The first-order chi connectivity index (χ1) is 18.5. The fraction of sp³-hybridized carbons (Fsp3) is 0.160. The summed E-state index contributed by atoms with van der Waals surface area (Å²) in [5, 5.41) is 26.9. The highest BCUT2D eigenvalue weighted by atomic mass is 35.5. The third-order valence-electron chi connectivity index (χ3n) is 5.62. The molecule has 5 aromatic rings. The lowest BCUT2D eigenvalue weighted by atomic mass is 10.1. The molecule has 3 aromatic carbocycles. The molecule has 0 saturated carbocycles. The second-order valence-corrected chi connectivity index (χ2v) is 9.55. The van der Waals surface area contributed by atoms with Gasteiger partial charge < -0.3 is 15.4 Å². The fourth-order valence-corrected chi connectivity index (χ4v) is 4.37. The van der Waals surface area contributed by atoms with Gasteiger partial charge in [0, 0.05) is 34.3 Å². The summed E-state index contributed by atoms with van der Waals surface area (Å²) in [6, 6.07) is 17.1. The molecule has 13 heteroatoms. The van der Waals surface area contributed by atoms with Gasteiger partial charge >= 0.3 is 0 Å². The number of halogens is 3. The van der Waals surface area contributed by atoms with Crippen molar-refractivity contribution in [2.75, 3.05) is 10.6 Å². The minimum absolute atomic E-state index is 0.307. The van der Waals surface area contributed by atoms with E-state index in [4.69, 9.17) is 39.5 Å². The van der Waals surface area contributed by atoms with Gasteiger partial charge in [-0.15, -0.1) is 9.90 Å². The predicted molar refractivity (Wildman–Crippen MR) is 147 cm³/mol. The van der Waals surface area contributed by atoms with Crippen molar-refractivity contribution in [1.82, 2.24) is 35.4 Å². The van der Waals surface area contributed by atoms with Crippen molar-refractivity contribution in [3.05, 3.63) is 98.2 Å². The van der Waals surface area contributed by atoms with Crippen molar-refractivity contribution in [2.24, 2.45) is 0 Å². The van der Waals surface area contributed by atoms with Crippen molar-refractivity contribution in [1.29, 1.82) is 0 Å². The first-order valence-electron chi connectivity index (χ1n) is 11.5. The number of ether oxygens (including phenoxy) is 1. The zero-order valence-corrected chi connectivity index (χ0v) is 22.4. The van der Waals surface area contributed by atoms with Gasteiger partial charge in [0.1, 0.15) is 24.4 Å². The summed E-state index contributed by atoms with van der Waals surface area (Å²) in [6.07, 6.45) is 1.40. The average Bonchev–Trinajstić information content (AvgIpc) is 3.60. The maximum Gasteiger partial charge on any atom is 0.264 e. The molecule has 0 bridgehead atoms. The minimum Gasteiger partial charge on any atom is -0.489 e. The number of hydrogen-bond donors (Lipinski definition) is 3. The van der Waals surface area contributed by atoms with Crippen molar-refractivity contribution in [2.45, 2.75) is 26.6 Å². The first kappa shape index (κ1) is 25.8. The highest BCUT2D eigenvalue weighted by Gasteiger charge is 2.16. The normalized spacial score (nSPS) is 10.9. The van der Waals surface area contributed by atoms with E-state index < -0.39 is 0 Å². The molecule has 0 fully saturated rings. The number of nitrogens with zero attached hydrogens (tertiary/aromatic N) is 6. The quantitative estimate of drug-likeness (QED) is 0.191. The Bertz CT molecular complexity index is 1520. The molecular weight excluding hydrogens is 549 g/mol. The van der Waals surface area contributed by atoms with E-state index in [0.29, 0.717) is 63.7 Å². The van der Waals surface area contributed by atoms with Crippen LogP contribution in [0.5, 0.6) is 5.75 Å². The standard InChI is InChI=1S/C25H22Cl3N9O/c1-15-2-4-16(5-3-15)13-38-22-9-6-18(26)10-17(22)11-29-25-34-36-37(35-25)21-8-7-20(27)19(23(21)28)12-30-24-31-14-32-33-24/h2-10,14H,11-13H2,1H3,(H,29,35)(H2,30,31,32,33). The maximum atomic E-state index is 6.65. The number of aryl methyl sites for hydroxylation is 1. The summed E-state index contributed by atoms with van der Waals surface area (Å²) >= 11 is 19.3. The number of aromatic amines is 1. The monoisotopic (exact) mass is 569 g/mol. The number of aromatic nitrogens is 7. The number of H-pyrrole nitrogens is 1. The number of anilines is 2. The molecule has 2 heterocycles. The Kier molecular flexibility index (Phi) is 7.92. The summed E-state index contributed by atoms with van der Waals surface area (Å²) in [4.78, 5) is 5.37. The van der Waals surface area contributed by atoms with Crippen LogP contribution in [0.3, 0.4) is 0 Å². The van der Waals surface area contributed by atoms with Gasteiger partial charge in [-0.25, -0.2) is 10.1 Å². The number of nitrogens with one attached hydrogen (secondary N) is 3. The second-order valence-electron chi connectivity index (χ2n) is 8.33. The average molecular weight is 571 g/mol. The second kappa shape index (κ2) is 11.7. The smallest absolute Gasteiger partial charge is 0.264 e. The van der Waals surface area contributed by atoms with Gasteiger partial charge in [0.25, 0.3) is 5.95 Å². The molecular formula is C25H22Cl3N9O.